The molecule has 4 rings (SSSR count). The van der Waals surface area contributed by atoms with E-state index >= 15 is 0 Å². The zero-order valence-electron chi connectivity index (χ0n) is 13.9. The summed E-state index contributed by atoms with van der Waals surface area (Å²) < 4.78 is 1.65. The van der Waals surface area contributed by atoms with Gasteiger partial charge in [0.15, 0.2) is 5.78 Å². The van der Waals surface area contributed by atoms with E-state index in [0.29, 0.717) is 29.3 Å². The minimum atomic E-state index is -0.493. The molecule has 2 aromatic rings. The Balaban J connectivity index is 1.92. The lowest BCUT2D eigenvalue weighted by Gasteiger charge is -2.34. The molecule has 1 aromatic carbocycles. The van der Waals surface area contributed by atoms with Gasteiger partial charge in [0.1, 0.15) is 11.9 Å². The summed E-state index contributed by atoms with van der Waals surface area (Å²) in [5.41, 5.74) is 2.14. The average Bonchev–Trinajstić information content (AvgIpc) is 2.92. The van der Waals surface area contributed by atoms with Crippen molar-refractivity contribution < 1.29 is 9.72 Å². The van der Waals surface area contributed by atoms with Crippen LogP contribution in [-0.4, -0.2) is 25.5 Å². The van der Waals surface area contributed by atoms with Crippen LogP contribution in [0.2, 0.25) is 0 Å². The number of nitro benzene ring substituents is 1. The van der Waals surface area contributed by atoms with E-state index in [4.69, 9.17) is 0 Å². The van der Waals surface area contributed by atoms with E-state index in [2.05, 4.69) is 15.4 Å². The number of ketones is 1. The number of nitrogens with zero attached hydrogens (tertiary/aromatic N) is 4. The number of Topliss-reactive ketones (excluding diaryl/α,β-unsaturated/α-hetero) is 1. The van der Waals surface area contributed by atoms with E-state index in [1.807, 2.05) is 6.92 Å². The van der Waals surface area contributed by atoms with Crippen LogP contribution in [0.4, 0.5) is 11.6 Å². The second-order valence-electron chi connectivity index (χ2n) is 6.64. The standard InChI is InChI=1S/C17H17N5O3/c1-9-6-13-15(14(23)7-9)16(21-17(19-13)18-10(2)20-21)11-4-3-5-12(8-11)22(24)25/h3-5,8-9,16H,6-7H2,1-2H3,(H,18,19,20)/t9-,16+/m0/s1. The smallest absolute Gasteiger partial charge is 0.269 e. The van der Waals surface area contributed by atoms with E-state index in [-0.39, 0.29) is 17.4 Å². The molecule has 0 radical (unpaired) electrons. The van der Waals surface area contributed by atoms with Crippen LogP contribution in [0.25, 0.3) is 0 Å². The molecule has 1 N–H and O–H groups in total. The Kier molecular flexibility index (Phi) is 3.41. The minimum Gasteiger partial charge on any atom is -0.328 e. The number of fused-ring (bicyclic) bond motifs is 1. The summed E-state index contributed by atoms with van der Waals surface area (Å²) in [4.78, 5) is 27.9. The van der Waals surface area contributed by atoms with Gasteiger partial charge in [-0.1, -0.05) is 19.1 Å². The van der Waals surface area contributed by atoms with E-state index < -0.39 is 11.0 Å². The zero-order chi connectivity index (χ0) is 17.7. The Morgan fingerprint density at radius 2 is 2.16 bits per heavy atom. The largest absolute Gasteiger partial charge is 0.328 e. The zero-order valence-corrected chi connectivity index (χ0v) is 13.9. The monoisotopic (exact) mass is 339 g/mol. The number of carbonyl (C=O) groups excluding carboxylic acids is 1. The molecular weight excluding hydrogens is 322 g/mol. The minimum absolute atomic E-state index is 0.00630. The fourth-order valence-electron chi connectivity index (χ4n) is 3.63. The second kappa shape index (κ2) is 5.51. The van der Waals surface area contributed by atoms with Gasteiger partial charge in [0.25, 0.3) is 5.69 Å². The number of anilines is 1. The van der Waals surface area contributed by atoms with Crippen molar-refractivity contribution in [3.8, 4) is 0 Å². The van der Waals surface area contributed by atoms with E-state index in [9.17, 15) is 14.9 Å². The van der Waals surface area contributed by atoms with Crippen LogP contribution in [0, 0.1) is 23.0 Å². The Hall–Kier alpha value is -3.03. The Bertz CT molecular complexity index is 930. The molecule has 8 nitrogen and oxygen atoms in total. The van der Waals surface area contributed by atoms with Crippen LogP contribution in [0.1, 0.15) is 37.2 Å². The van der Waals surface area contributed by atoms with Crippen molar-refractivity contribution in [3.63, 3.8) is 0 Å². The Morgan fingerprint density at radius 3 is 2.92 bits per heavy atom. The molecule has 2 aliphatic rings. The fourth-order valence-corrected chi connectivity index (χ4v) is 3.63. The molecular formula is C17H17N5O3. The predicted octanol–water partition coefficient (Wildman–Crippen LogP) is 2.76. The normalized spacial score (nSPS) is 22.2. The van der Waals surface area contributed by atoms with Gasteiger partial charge in [-0.05, 0) is 24.8 Å². The van der Waals surface area contributed by atoms with Gasteiger partial charge in [0.05, 0.1) is 4.92 Å². The number of nitrogens with one attached hydrogen (secondary N) is 1. The van der Waals surface area contributed by atoms with Crippen molar-refractivity contribution in [1.29, 1.82) is 0 Å². The van der Waals surface area contributed by atoms with Gasteiger partial charge in [-0.15, -0.1) is 0 Å². The molecule has 1 aliphatic heterocycles. The fraction of sp³-hybridized carbons (Fsp3) is 0.353. The quantitative estimate of drug-likeness (QED) is 0.666. The predicted molar refractivity (Wildman–Crippen MR) is 90.0 cm³/mol. The topological polar surface area (TPSA) is 103 Å². The highest BCUT2D eigenvalue weighted by atomic mass is 16.6. The summed E-state index contributed by atoms with van der Waals surface area (Å²) in [7, 11) is 0. The van der Waals surface area contributed by atoms with Crippen LogP contribution in [0.3, 0.4) is 0 Å². The third-order valence-electron chi connectivity index (χ3n) is 4.63. The number of aryl methyl sites for hydroxylation is 1. The first-order chi connectivity index (χ1) is 11.9. The summed E-state index contributed by atoms with van der Waals surface area (Å²) >= 11 is 0. The van der Waals surface area contributed by atoms with Crippen molar-refractivity contribution in [3.05, 3.63) is 57.0 Å². The van der Waals surface area contributed by atoms with Crippen molar-refractivity contribution in [2.75, 3.05) is 5.32 Å². The molecule has 1 aromatic heterocycles. The number of hydrogen-bond acceptors (Lipinski definition) is 6. The third-order valence-corrected chi connectivity index (χ3v) is 4.63. The van der Waals surface area contributed by atoms with Gasteiger partial charge < -0.3 is 5.32 Å². The van der Waals surface area contributed by atoms with Gasteiger partial charge in [0.2, 0.25) is 5.95 Å². The summed E-state index contributed by atoms with van der Waals surface area (Å²) in [6.07, 6.45) is 1.22. The maximum atomic E-state index is 12.8. The Labute approximate surface area is 143 Å². The van der Waals surface area contributed by atoms with Gasteiger partial charge >= 0.3 is 0 Å². The van der Waals surface area contributed by atoms with Crippen LogP contribution in [0.15, 0.2) is 35.5 Å². The lowest BCUT2D eigenvalue weighted by molar-refractivity contribution is -0.384. The maximum absolute atomic E-state index is 12.8. The third kappa shape index (κ3) is 2.50. The van der Waals surface area contributed by atoms with E-state index in [0.717, 1.165) is 12.1 Å². The molecule has 1 aliphatic carbocycles. The highest BCUT2D eigenvalue weighted by Crippen LogP contribution is 2.41. The van der Waals surface area contributed by atoms with Crippen LogP contribution >= 0.6 is 0 Å². The number of rotatable bonds is 2. The first kappa shape index (κ1) is 15.5. The van der Waals surface area contributed by atoms with Gasteiger partial charge in [-0.25, -0.2) is 4.68 Å². The SMILES string of the molecule is Cc1nc2n(n1)[C@H](c1cccc([N+](=O)[O-])c1)C1=C(C[C@H](C)CC1=O)N2. The number of aromatic nitrogens is 3. The van der Waals surface area contributed by atoms with Crippen LogP contribution in [0.5, 0.6) is 0 Å². The van der Waals surface area contributed by atoms with Crippen LogP contribution < -0.4 is 5.32 Å². The average molecular weight is 339 g/mol. The molecule has 128 valence electrons. The van der Waals surface area contributed by atoms with Crippen molar-refractivity contribution in [2.45, 2.75) is 32.7 Å². The first-order valence-electron chi connectivity index (χ1n) is 8.15. The lowest BCUT2D eigenvalue weighted by Crippen LogP contribution is -2.33. The molecule has 0 amide bonds. The molecule has 0 saturated heterocycles. The molecule has 0 unspecified atom stereocenters. The Morgan fingerprint density at radius 1 is 1.36 bits per heavy atom. The molecule has 0 fully saturated rings. The number of allylic oxidation sites excluding steroid dienone is 2. The van der Waals surface area contributed by atoms with Gasteiger partial charge in [-0.2, -0.15) is 10.1 Å². The molecule has 0 spiro atoms. The highest BCUT2D eigenvalue weighted by molar-refractivity contribution is 5.99. The molecule has 25 heavy (non-hydrogen) atoms. The number of carbonyl (C=O) groups is 1. The molecule has 2 heterocycles. The molecule has 8 heteroatoms. The van der Waals surface area contributed by atoms with E-state index in [1.54, 1.807) is 23.7 Å². The second-order valence-corrected chi connectivity index (χ2v) is 6.64. The molecule has 0 bridgehead atoms. The number of hydrogen-bond donors (Lipinski definition) is 1. The van der Waals surface area contributed by atoms with Crippen molar-refractivity contribution in [2.24, 2.45) is 5.92 Å². The van der Waals surface area contributed by atoms with Crippen molar-refractivity contribution in [1.82, 2.24) is 14.8 Å². The maximum Gasteiger partial charge on any atom is 0.269 e. The van der Waals surface area contributed by atoms with Gasteiger partial charge in [-0.3, -0.25) is 14.9 Å². The number of benzene rings is 1. The number of non-ortho nitro benzene ring substituents is 1. The summed E-state index contributed by atoms with van der Waals surface area (Å²) in [6, 6.07) is 5.88. The van der Waals surface area contributed by atoms with Gasteiger partial charge in [0, 0.05) is 29.8 Å². The van der Waals surface area contributed by atoms with Crippen molar-refractivity contribution >= 4 is 17.4 Å². The summed E-state index contributed by atoms with van der Waals surface area (Å²) in [5, 5.41) is 18.8. The molecule has 2 atom stereocenters. The first-order valence-corrected chi connectivity index (χ1v) is 8.15. The summed E-state index contributed by atoms with van der Waals surface area (Å²) in [6.45, 7) is 3.82. The van der Waals surface area contributed by atoms with Crippen LogP contribution in [-0.2, 0) is 4.79 Å². The molecule has 0 saturated carbocycles. The van der Waals surface area contributed by atoms with E-state index in [1.165, 1.54) is 12.1 Å². The summed E-state index contributed by atoms with van der Waals surface area (Å²) in [5.74, 6) is 1.45. The highest BCUT2D eigenvalue weighted by Gasteiger charge is 2.38. The number of nitro groups is 1. The lowest BCUT2D eigenvalue weighted by atomic mass is 9.81.